The standard InChI is InChI=1S/C20H29N3O6/c1-22(11-9-18(24)21-10-12-23-13-15-27-16-14-23)20(26)29-28-19(25)8-7-17-5-3-2-4-6-17/h2-6H,7-16H2,1H3,(H,21,24). The summed E-state index contributed by atoms with van der Waals surface area (Å²) >= 11 is 0. The Balaban J connectivity index is 1.53. The zero-order valence-electron chi connectivity index (χ0n) is 16.8. The number of ether oxygens (including phenoxy) is 1. The van der Waals surface area contributed by atoms with Crippen LogP contribution in [0.15, 0.2) is 30.3 Å². The number of nitrogens with one attached hydrogen (secondary N) is 1. The van der Waals surface area contributed by atoms with Gasteiger partial charge in [0.25, 0.3) is 0 Å². The molecule has 29 heavy (non-hydrogen) atoms. The lowest BCUT2D eigenvalue weighted by atomic mass is 10.1. The SMILES string of the molecule is CN(CCC(=O)NCCN1CCOCC1)C(=O)OOC(=O)CCc1ccccc1. The van der Waals surface area contributed by atoms with Crippen LogP contribution < -0.4 is 5.32 Å². The molecule has 1 aliphatic heterocycles. The number of morpholine rings is 1. The van der Waals surface area contributed by atoms with Gasteiger partial charge in [-0.1, -0.05) is 30.3 Å². The first-order valence-corrected chi connectivity index (χ1v) is 9.78. The quantitative estimate of drug-likeness (QED) is 0.481. The van der Waals surface area contributed by atoms with Crippen LogP contribution in [-0.2, 0) is 30.5 Å². The lowest BCUT2D eigenvalue weighted by Gasteiger charge is -2.26. The first-order valence-electron chi connectivity index (χ1n) is 9.78. The third-order valence-electron chi connectivity index (χ3n) is 4.51. The summed E-state index contributed by atoms with van der Waals surface area (Å²) in [5.41, 5.74) is 0.993. The maximum atomic E-state index is 11.9. The van der Waals surface area contributed by atoms with E-state index >= 15 is 0 Å². The van der Waals surface area contributed by atoms with Gasteiger partial charge in [-0.05, 0) is 12.0 Å². The van der Waals surface area contributed by atoms with Crippen LogP contribution in [-0.4, -0.2) is 80.8 Å². The van der Waals surface area contributed by atoms with Crippen LogP contribution in [0.4, 0.5) is 4.79 Å². The molecule has 2 amide bonds. The van der Waals surface area contributed by atoms with Crippen molar-refractivity contribution in [3.63, 3.8) is 0 Å². The van der Waals surface area contributed by atoms with Crippen molar-refractivity contribution >= 4 is 18.0 Å². The number of nitrogens with zero attached hydrogens (tertiary/aromatic N) is 2. The Morgan fingerprint density at radius 2 is 1.83 bits per heavy atom. The summed E-state index contributed by atoms with van der Waals surface area (Å²) in [4.78, 5) is 47.9. The molecule has 0 aliphatic carbocycles. The van der Waals surface area contributed by atoms with Gasteiger partial charge in [-0.3, -0.25) is 9.69 Å². The summed E-state index contributed by atoms with van der Waals surface area (Å²) in [5.74, 6) is -0.783. The normalized spacial score (nSPS) is 14.1. The monoisotopic (exact) mass is 407 g/mol. The fraction of sp³-hybridized carbons (Fsp3) is 0.550. The Hall–Kier alpha value is -2.65. The highest BCUT2D eigenvalue weighted by molar-refractivity contribution is 5.77. The Kier molecular flexibility index (Phi) is 9.94. The molecule has 1 aromatic carbocycles. The molecule has 0 atom stereocenters. The number of rotatable bonds is 9. The van der Waals surface area contributed by atoms with Crippen LogP contribution in [0.3, 0.4) is 0 Å². The van der Waals surface area contributed by atoms with Crippen molar-refractivity contribution in [1.82, 2.24) is 15.1 Å². The molecule has 0 saturated carbocycles. The van der Waals surface area contributed by atoms with E-state index < -0.39 is 12.1 Å². The van der Waals surface area contributed by atoms with Crippen molar-refractivity contribution < 1.29 is 28.9 Å². The van der Waals surface area contributed by atoms with Gasteiger partial charge in [-0.2, -0.15) is 0 Å². The fourth-order valence-electron chi connectivity index (χ4n) is 2.71. The molecule has 0 radical (unpaired) electrons. The second-order valence-electron chi connectivity index (χ2n) is 6.77. The first-order chi connectivity index (χ1) is 14.0. The van der Waals surface area contributed by atoms with Crippen molar-refractivity contribution in [1.29, 1.82) is 0 Å². The molecule has 0 unspecified atom stereocenters. The summed E-state index contributed by atoms with van der Waals surface area (Å²) in [6.45, 7) is 4.65. The number of carbonyl (C=O) groups is 3. The topological polar surface area (TPSA) is 97.4 Å². The highest BCUT2D eigenvalue weighted by Gasteiger charge is 2.16. The summed E-state index contributed by atoms with van der Waals surface area (Å²) in [6, 6.07) is 9.46. The summed E-state index contributed by atoms with van der Waals surface area (Å²) in [6.07, 6.45) is -0.0832. The molecule has 1 fully saturated rings. The van der Waals surface area contributed by atoms with E-state index in [1.54, 1.807) is 0 Å². The number of hydrogen-bond acceptors (Lipinski definition) is 7. The maximum absolute atomic E-state index is 11.9. The van der Waals surface area contributed by atoms with Crippen LogP contribution >= 0.6 is 0 Å². The van der Waals surface area contributed by atoms with Gasteiger partial charge in [-0.25, -0.2) is 19.4 Å². The van der Waals surface area contributed by atoms with E-state index in [-0.39, 0.29) is 25.3 Å². The minimum Gasteiger partial charge on any atom is -0.379 e. The third kappa shape index (κ3) is 9.40. The molecule has 1 saturated heterocycles. The predicted octanol–water partition coefficient (Wildman–Crippen LogP) is 0.984. The van der Waals surface area contributed by atoms with Crippen molar-refractivity contribution in [3.05, 3.63) is 35.9 Å². The van der Waals surface area contributed by atoms with E-state index in [4.69, 9.17) is 4.74 Å². The van der Waals surface area contributed by atoms with E-state index in [2.05, 4.69) is 20.0 Å². The second-order valence-corrected chi connectivity index (χ2v) is 6.77. The Morgan fingerprint density at radius 1 is 1.10 bits per heavy atom. The molecule has 160 valence electrons. The zero-order chi connectivity index (χ0) is 20.9. The number of hydrogen-bond donors (Lipinski definition) is 1. The molecule has 1 aromatic rings. The molecule has 1 aliphatic rings. The van der Waals surface area contributed by atoms with Gasteiger partial charge in [0.15, 0.2) is 0 Å². The molecule has 1 heterocycles. The number of carbonyl (C=O) groups excluding carboxylic acids is 3. The van der Waals surface area contributed by atoms with Gasteiger partial charge < -0.3 is 15.0 Å². The van der Waals surface area contributed by atoms with E-state index in [0.717, 1.165) is 38.4 Å². The molecular formula is C20H29N3O6. The molecule has 9 nitrogen and oxygen atoms in total. The largest absolute Gasteiger partial charge is 0.452 e. The zero-order valence-corrected chi connectivity index (χ0v) is 16.8. The van der Waals surface area contributed by atoms with Gasteiger partial charge in [0, 0.05) is 46.2 Å². The molecule has 0 aromatic heterocycles. The van der Waals surface area contributed by atoms with Crippen molar-refractivity contribution in [2.24, 2.45) is 0 Å². The van der Waals surface area contributed by atoms with E-state index in [9.17, 15) is 14.4 Å². The number of amides is 2. The van der Waals surface area contributed by atoms with E-state index in [1.807, 2.05) is 30.3 Å². The van der Waals surface area contributed by atoms with Gasteiger partial charge in [0.2, 0.25) is 5.91 Å². The highest BCUT2D eigenvalue weighted by atomic mass is 17.2. The molecule has 0 bridgehead atoms. The Bertz CT molecular complexity index is 649. The van der Waals surface area contributed by atoms with Gasteiger partial charge in [0.05, 0.1) is 19.6 Å². The average molecular weight is 407 g/mol. The molecule has 9 heteroatoms. The number of aryl methyl sites for hydroxylation is 1. The van der Waals surface area contributed by atoms with E-state index in [0.29, 0.717) is 13.0 Å². The van der Waals surface area contributed by atoms with Gasteiger partial charge in [0.1, 0.15) is 0 Å². The first kappa shape index (κ1) is 22.6. The average Bonchev–Trinajstić information content (AvgIpc) is 2.75. The van der Waals surface area contributed by atoms with Gasteiger partial charge in [-0.15, -0.1) is 0 Å². The Labute approximate surface area is 170 Å². The van der Waals surface area contributed by atoms with E-state index in [1.165, 1.54) is 11.9 Å². The minimum absolute atomic E-state index is 0.104. The minimum atomic E-state index is -0.820. The van der Waals surface area contributed by atoms with Crippen molar-refractivity contribution in [2.45, 2.75) is 19.3 Å². The second kappa shape index (κ2) is 12.7. The molecule has 0 spiro atoms. The summed E-state index contributed by atoms with van der Waals surface area (Å²) in [7, 11) is 1.47. The summed E-state index contributed by atoms with van der Waals surface area (Å²) < 4.78 is 5.27. The van der Waals surface area contributed by atoms with Crippen molar-refractivity contribution in [2.75, 3.05) is 53.0 Å². The highest BCUT2D eigenvalue weighted by Crippen LogP contribution is 2.04. The number of benzene rings is 1. The van der Waals surface area contributed by atoms with Gasteiger partial charge >= 0.3 is 12.1 Å². The van der Waals surface area contributed by atoms with Crippen molar-refractivity contribution in [3.8, 4) is 0 Å². The van der Waals surface area contributed by atoms with Crippen LogP contribution in [0.1, 0.15) is 18.4 Å². The fourth-order valence-corrected chi connectivity index (χ4v) is 2.71. The van der Waals surface area contributed by atoms with Crippen LogP contribution in [0.25, 0.3) is 0 Å². The van der Waals surface area contributed by atoms with Crippen LogP contribution in [0.2, 0.25) is 0 Å². The lowest BCUT2D eigenvalue weighted by Crippen LogP contribution is -2.41. The lowest BCUT2D eigenvalue weighted by molar-refractivity contribution is -0.236. The molecule has 1 N–H and O–H groups in total. The van der Waals surface area contributed by atoms with Crippen LogP contribution in [0.5, 0.6) is 0 Å². The molecular weight excluding hydrogens is 378 g/mol. The smallest absolute Gasteiger partial charge is 0.379 e. The molecule has 2 rings (SSSR count). The third-order valence-corrected chi connectivity index (χ3v) is 4.51. The predicted molar refractivity (Wildman–Crippen MR) is 105 cm³/mol. The Morgan fingerprint density at radius 3 is 2.55 bits per heavy atom. The maximum Gasteiger partial charge on any atom is 0.452 e. The van der Waals surface area contributed by atoms with Crippen LogP contribution in [0, 0.1) is 0 Å². The summed E-state index contributed by atoms with van der Waals surface area (Å²) in [5, 5.41) is 2.82.